The van der Waals surface area contributed by atoms with Crippen LogP contribution in [0.3, 0.4) is 0 Å². The van der Waals surface area contributed by atoms with E-state index in [2.05, 4.69) is 5.32 Å². The molecule has 0 atom stereocenters. The van der Waals surface area contributed by atoms with Gasteiger partial charge in [0.2, 0.25) is 5.91 Å². The van der Waals surface area contributed by atoms with Crippen LogP contribution in [0.15, 0.2) is 42.5 Å². The highest BCUT2D eigenvalue weighted by atomic mass is 16.6. The SMILES string of the molecule is CN(C)c1ccc(C(=O)Nc2cccc(N3CCCCC3=O)c2)cc1[N+](=O)[O-]. The smallest absolute Gasteiger partial charge is 0.293 e. The Balaban J connectivity index is 1.81. The van der Waals surface area contributed by atoms with Crippen LogP contribution in [0.5, 0.6) is 0 Å². The fourth-order valence-electron chi connectivity index (χ4n) is 3.22. The van der Waals surface area contributed by atoms with E-state index in [0.29, 0.717) is 24.3 Å². The van der Waals surface area contributed by atoms with Gasteiger partial charge in [-0.1, -0.05) is 6.07 Å². The fourth-order valence-corrected chi connectivity index (χ4v) is 3.22. The third-order valence-corrected chi connectivity index (χ3v) is 4.66. The van der Waals surface area contributed by atoms with Gasteiger partial charge < -0.3 is 15.1 Å². The molecule has 0 aliphatic carbocycles. The van der Waals surface area contributed by atoms with Gasteiger partial charge in [0.1, 0.15) is 5.69 Å². The Kier molecular flexibility index (Phi) is 5.58. The Labute approximate surface area is 162 Å². The first kappa shape index (κ1) is 19.3. The molecule has 8 nitrogen and oxygen atoms in total. The number of rotatable bonds is 5. The topological polar surface area (TPSA) is 95.8 Å². The molecule has 0 unspecified atom stereocenters. The monoisotopic (exact) mass is 382 g/mol. The van der Waals surface area contributed by atoms with Gasteiger partial charge in [0.25, 0.3) is 11.6 Å². The van der Waals surface area contributed by atoms with Crippen LogP contribution in [0.4, 0.5) is 22.7 Å². The summed E-state index contributed by atoms with van der Waals surface area (Å²) in [7, 11) is 3.41. The third kappa shape index (κ3) is 4.11. The van der Waals surface area contributed by atoms with Crippen molar-refractivity contribution in [3.8, 4) is 0 Å². The summed E-state index contributed by atoms with van der Waals surface area (Å²) < 4.78 is 0. The second-order valence-corrected chi connectivity index (χ2v) is 6.86. The van der Waals surface area contributed by atoms with Crippen LogP contribution in [0.1, 0.15) is 29.6 Å². The first-order valence-corrected chi connectivity index (χ1v) is 9.04. The molecule has 2 aromatic rings. The molecule has 2 amide bonds. The van der Waals surface area contributed by atoms with E-state index >= 15 is 0 Å². The molecule has 1 aliphatic heterocycles. The summed E-state index contributed by atoms with van der Waals surface area (Å²) in [6.07, 6.45) is 2.37. The van der Waals surface area contributed by atoms with Crippen LogP contribution in [0, 0.1) is 10.1 Å². The Bertz CT molecular complexity index is 926. The molecule has 146 valence electrons. The van der Waals surface area contributed by atoms with Gasteiger partial charge in [0, 0.05) is 50.1 Å². The molecule has 3 rings (SSSR count). The van der Waals surface area contributed by atoms with Gasteiger partial charge in [-0.3, -0.25) is 19.7 Å². The van der Waals surface area contributed by atoms with Gasteiger partial charge in [-0.05, 0) is 43.2 Å². The lowest BCUT2D eigenvalue weighted by Gasteiger charge is -2.27. The molecule has 0 bridgehead atoms. The Morgan fingerprint density at radius 2 is 1.96 bits per heavy atom. The summed E-state index contributed by atoms with van der Waals surface area (Å²) in [6, 6.07) is 11.4. The average molecular weight is 382 g/mol. The minimum absolute atomic E-state index is 0.0737. The van der Waals surface area contributed by atoms with Crippen molar-refractivity contribution >= 4 is 34.6 Å². The summed E-state index contributed by atoms with van der Waals surface area (Å²) in [5.74, 6) is -0.375. The molecule has 1 N–H and O–H groups in total. The van der Waals surface area contributed by atoms with E-state index in [-0.39, 0.29) is 17.2 Å². The van der Waals surface area contributed by atoms with Gasteiger partial charge in [-0.2, -0.15) is 0 Å². The van der Waals surface area contributed by atoms with Crippen molar-refractivity contribution in [3.63, 3.8) is 0 Å². The number of anilines is 3. The van der Waals surface area contributed by atoms with Crippen LogP contribution in [-0.2, 0) is 4.79 Å². The van der Waals surface area contributed by atoms with Crippen molar-refractivity contribution in [1.29, 1.82) is 0 Å². The number of nitrogens with zero attached hydrogens (tertiary/aromatic N) is 3. The molecule has 0 saturated carbocycles. The number of nitro groups is 1. The zero-order valence-electron chi connectivity index (χ0n) is 15.8. The summed E-state index contributed by atoms with van der Waals surface area (Å²) >= 11 is 0. The lowest BCUT2D eigenvalue weighted by atomic mass is 10.1. The molecule has 0 radical (unpaired) electrons. The minimum atomic E-state index is -0.505. The second kappa shape index (κ2) is 8.08. The molecule has 2 aromatic carbocycles. The first-order valence-electron chi connectivity index (χ1n) is 9.04. The lowest BCUT2D eigenvalue weighted by molar-refractivity contribution is -0.384. The van der Waals surface area contributed by atoms with Crippen molar-refractivity contribution in [2.75, 3.05) is 35.8 Å². The summed E-state index contributed by atoms with van der Waals surface area (Å²) in [6.45, 7) is 0.661. The molecule has 1 heterocycles. The second-order valence-electron chi connectivity index (χ2n) is 6.86. The highest BCUT2D eigenvalue weighted by Gasteiger charge is 2.21. The molecule has 1 saturated heterocycles. The number of benzene rings is 2. The highest BCUT2D eigenvalue weighted by Crippen LogP contribution is 2.28. The predicted octanol–water partition coefficient (Wildman–Crippen LogP) is 3.43. The number of carbonyl (C=O) groups is 2. The minimum Gasteiger partial charge on any atom is -0.372 e. The maximum atomic E-state index is 12.6. The lowest BCUT2D eigenvalue weighted by Crippen LogP contribution is -2.35. The highest BCUT2D eigenvalue weighted by molar-refractivity contribution is 6.05. The quantitative estimate of drug-likeness (QED) is 0.631. The van der Waals surface area contributed by atoms with Crippen LogP contribution < -0.4 is 15.1 Å². The molecule has 8 heteroatoms. The van der Waals surface area contributed by atoms with Crippen LogP contribution in [0.2, 0.25) is 0 Å². The van der Waals surface area contributed by atoms with Crippen molar-refractivity contribution in [3.05, 3.63) is 58.1 Å². The standard InChI is InChI=1S/C20H22N4O4/c1-22(2)17-10-9-14(12-18(17)24(27)28)20(26)21-15-6-5-7-16(13-15)23-11-4-3-8-19(23)25/h5-7,9-10,12-13H,3-4,8,11H2,1-2H3,(H,21,26). The first-order chi connectivity index (χ1) is 13.4. The van der Waals surface area contributed by atoms with E-state index < -0.39 is 10.8 Å². The third-order valence-electron chi connectivity index (χ3n) is 4.66. The maximum Gasteiger partial charge on any atom is 0.293 e. The van der Waals surface area contributed by atoms with Crippen molar-refractivity contribution < 1.29 is 14.5 Å². The molecular formula is C20H22N4O4. The van der Waals surface area contributed by atoms with Crippen molar-refractivity contribution in [2.45, 2.75) is 19.3 Å². The summed E-state index contributed by atoms with van der Waals surface area (Å²) in [5, 5.41) is 14.1. The number of piperidine rings is 1. The average Bonchev–Trinajstić information content (AvgIpc) is 2.68. The number of hydrogen-bond donors (Lipinski definition) is 1. The zero-order chi connectivity index (χ0) is 20.3. The normalized spacial score (nSPS) is 13.9. The van der Waals surface area contributed by atoms with Gasteiger partial charge in [-0.25, -0.2) is 0 Å². The van der Waals surface area contributed by atoms with Crippen molar-refractivity contribution in [1.82, 2.24) is 0 Å². The molecule has 0 spiro atoms. The Morgan fingerprint density at radius 3 is 2.64 bits per heavy atom. The fraction of sp³-hybridized carbons (Fsp3) is 0.300. The Hall–Kier alpha value is -3.42. The van der Waals surface area contributed by atoms with E-state index in [1.165, 1.54) is 6.07 Å². The molecule has 1 fully saturated rings. The largest absolute Gasteiger partial charge is 0.372 e. The maximum absolute atomic E-state index is 12.6. The van der Waals surface area contributed by atoms with Crippen molar-refractivity contribution in [2.24, 2.45) is 0 Å². The zero-order valence-corrected chi connectivity index (χ0v) is 15.8. The van der Waals surface area contributed by atoms with Gasteiger partial charge in [-0.15, -0.1) is 0 Å². The predicted molar refractivity (Wildman–Crippen MR) is 108 cm³/mol. The van der Waals surface area contributed by atoms with E-state index in [1.807, 2.05) is 6.07 Å². The number of nitrogens with one attached hydrogen (secondary N) is 1. The summed E-state index contributed by atoms with van der Waals surface area (Å²) in [5.41, 5.74) is 1.74. The molecule has 1 aliphatic rings. The van der Waals surface area contributed by atoms with E-state index in [4.69, 9.17) is 0 Å². The van der Waals surface area contributed by atoms with Gasteiger partial charge >= 0.3 is 0 Å². The van der Waals surface area contributed by atoms with Crippen LogP contribution in [-0.4, -0.2) is 37.4 Å². The molecule has 28 heavy (non-hydrogen) atoms. The van der Waals surface area contributed by atoms with Gasteiger partial charge in [0.05, 0.1) is 4.92 Å². The van der Waals surface area contributed by atoms with E-state index in [0.717, 1.165) is 18.5 Å². The van der Waals surface area contributed by atoms with Gasteiger partial charge in [0.15, 0.2) is 0 Å². The molecule has 0 aromatic heterocycles. The van der Waals surface area contributed by atoms with Crippen LogP contribution >= 0.6 is 0 Å². The van der Waals surface area contributed by atoms with E-state index in [9.17, 15) is 19.7 Å². The summed E-state index contributed by atoms with van der Waals surface area (Å²) in [4.78, 5) is 38.9. The number of hydrogen-bond acceptors (Lipinski definition) is 5. The van der Waals surface area contributed by atoms with Crippen LogP contribution in [0.25, 0.3) is 0 Å². The number of carbonyl (C=O) groups excluding carboxylic acids is 2. The number of nitro benzene ring substituents is 1. The molecular weight excluding hydrogens is 360 g/mol. The Morgan fingerprint density at radius 1 is 1.18 bits per heavy atom. The number of amides is 2. The van der Waals surface area contributed by atoms with E-state index in [1.54, 1.807) is 54.2 Å².